The second-order valence-corrected chi connectivity index (χ2v) is 11.9. The van der Waals surface area contributed by atoms with Crippen LogP contribution in [-0.2, 0) is 31.0 Å². The smallest absolute Gasteiger partial charge is 0.313 e. The van der Waals surface area contributed by atoms with Crippen LogP contribution in [0.4, 0.5) is 0 Å². The van der Waals surface area contributed by atoms with Crippen LogP contribution in [0.25, 0.3) is 0 Å². The summed E-state index contributed by atoms with van der Waals surface area (Å²) in [4.78, 5) is 38.8. The minimum Gasteiger partial charge on any atom is -0.481 e. The number of nitrogens with one attached hydrogen (secondary N) is 1. The Labute approximate surface area is 213 Å². The summed E-state index contributed by atoms with van der Waals surface area (Å²) in [6, 6.07) is 7.39. The van der Waals surface area contributed by atoms with Crippen LogP contribution in [-0.4, -0.2) is 101 Å². The fourth-order valence-electron chi connectivity index (χ4n) is 3.77. The highest BCUT2D eigenvalue weighted by Gasteiger charge is 2.57. The van der Waals surface area contributed by atoms with Crippen LogP contribution < -0.4 is 5.32 Å². The number of aliphatic carboxylic acids is 1. The van der Waals surface area contributed by atoms with Gasteiger partial charge in [-0.15, -0.1) is 16.9 Å². The summed E-state index contributed by atoms with van der Waals surface area (Å²) in [7, 11) is -4.24. The molecule has 4 N–H and O–H groups in total. The molecule has 0 saturated carbocycles. The van der Waals surface area contributed by atoms with Gasteiger partial charge >= 0.3 is 5.97 Å². The third-order valence-electron chi connectivity index (χ3n) is 5.80. The molecule has 2 saturated heterocycles. The minimum absolute atomic E-state index is 0.0121. The predicted octanol–water partition coefficient (Wildman–Crippen LogP) is -1.14. The van der Waals surface area contributed by atoms with Gasteiger partial charge in [0.1, 0.15) is 16.8 Å². The Hall–Kier alpha value is -2.73. The molecule has 4 rings (SSSR count). The molecular formula is C19H22N6O8S3. The number of aryl methyl sites for hydroxylation is 1. The van der Waals surface area contributed by atoms with Gasteiger partial charge in [-0.25, -0.2) is 4.68 Å². The number of thioether (sulfide) groups is 2. The van der Waals surface area contributed by atoms with E-state index in [1.54, 1.807) is 30.3 Å². The van der Waals surface area contributed by atoms with Gasteiger partial charge in [-0.05, 0) is 16.0 Å². The van der Waals surface area contributed by atoms with Crippen LogP contribution in [0.2, 0.25) is 0 Å². The number of carboxylic acid groups (broad SMARTS) is 1. The Morgan fingerprint density at radius 1 is 1.31 bits per heavy atom. The van der Waals surface area contributed by atoms with Gasteiger partial charge in [0.15, 0.2) is 6.10 Å². The highest BCUT2D eigenvalue weighted by molar-refractivity contribution is 8.00. The summed E-state index contributed by atoms with van der Waals surface area (Å²) in [5, 5.41) is 33.4. The summed E-state index contributed by atoms with van der Waals surface area (Å²) in [6.45, 7) is -0.322. The standard InChI is InChI=1S/C19H22N6O8S3/c26-13(11-4-2-1-3-5-11)14(27)20-12-15(28)24-8-19(17(29)30,9-34-16(12)24)10-35-18-21-22-23-25(18)6-7-36(31,32)33/h1-5,12-13,16,26H,6-10H2,(H,20,27)(H,29,30)(H,31,32,33)/t12?,13?,16-,19?/m1/s1. The maximum absolute atomic E-state index is 12.8. The van der Waals surface area contributed by atoms with Crippen molar-refractivity contribution in [2.75, 3.05) is 23.8 Å². The first kappa shape index (κ1) is 26.3. The van der Waals surface area contributed by atoms with E-state index in [2.05, 4.69) is 20.8 Å². The number of aromatic nitrogens is 4. The van der Waals surface area contributed by atoms with E-state index in [9.17, 15) is 33.0 Å². The van der Waals surface area contributed by atoms with Crippen LogP contribution in [0, 0.1) is 5.41 Å². The van der Waals surface area contributed by atoms with Crippen molar-refractivity contribution in [3.05, 3.63) is 35.9 Å². The number of hydrogen-bond donors (Lipinski definition) is 4. The molecule has 1 aromatic heterocycles. The molecule has 2 aliphatic heterocycles. The molecule has 17 heteroatoms. The molecule has 2 amide bonds. The number of hydrogen-bond acceptors (Lipinski definition) is 11. The van der Waals surface area contributed by atoms with Crippen molar-refractivity contribution in [1.82, 2.24) is 30.4 Å². The Kier molecular flexibility index (Phi) is 7.56. The largest absolute Gasteiger partial charge is 0.481 e. The van der Waals surface area contributed by atoms with Crippen molar-refractivity contribution >= 4 is 51.4 Å². The summed E-state index contributed by atoms with van der Waals surface area (Å²) in [5.74, 6) is -2.79. The molecule has 0 spiro atoms. The number of amides is 2. The Morgan fingerprint density at radius 2 is 2.03 bits per heavy atom. The SMILES string of the molecule is O=C(NC1C(=O)N2CC(CSc3nnnn3CCS(=O)(=O)O)(C(=O)O)CS[C@H]12)C(O)c1ccccc1. The zero-order valence-electron chi connectivity index (χ0n) is 18.5. The van der Waals surface area contributed by atoms with Gasteiger partial charge in [-0.2, -0.15) is 8.42 Å². The molecule has 4 atom stereocenters. The van der Waals surface area contributed by atoms with Gasteiger partial charge in [0.2, 0.25) is 11.1 Å². The first-order valence-corrected chi connectivity index (χ1v) is 14.2. The summed E-state index contributed by atoms with van der Waals surface area (Å²) in [6.07, 6.45) is -1.44. The van der Waals surface area contributed by atoms with Gasteiger partial charge in [0, 0.05) is 18.1 Å². The minimum atomic E-state index is -4.24. The van der Waals surface area contributed by atoms with E-state index in [-0.39, 0.29) is 29.8 Å². The number of β-lactam (4-membered cyclic amide) rings is 1. The van der Waals surface area contributed by atoms with E-state index >= 15 is 0 Å². The highest BCUT2D eigenvalue weighted by Crippen LogP contribution is 2.44. The maximum atomic E-state index is 12.8. The number of carbonyl (C=O) groups excluding carboxylic acids is 2. The summed E-state index contributed by atoms with van der Waals surface area (Å²) in [5.41, 5.74) is -0.962. The number of aliphatic hydroxyl groups excluding tert-OH is 1. The summed E-state index contributed by atoms with van der Waals surface area (Å²) < 4.78 is 32.1. The third-order valence-corrected chi connectivity index (χ3v) is 9.33. The number of rotatable bonds is 10. The molecule has 3 unspecified atom stereocenters. The molecule has 0 radical (unpaired) electrons. The molecule has 0 aliphatic carbocycles. The number of aliphatic hydroxyl groups is 1. The van der Waals surface area contributed by atoms with Gasteiger partial charge in [0.05, 0.1) is 12.3 Å². The molecule has 1 aromatic carbocycles. The van der Waals surface area contributed by atoms with Crippen LogP contribution in [0.15, 0.2) is 35.5 Å². The lowest BCUT2D eigenvalue weighted by Crippen LogP contribution is -2.74. The Balaban J connectivity index is 1.38. The first-order valence-electron chi connectivity index (χ1n) is 10.5. The predicted molar refractivity (Wildman–Crippen MR) is 126 cm³/mol. The number of carboxylic acids is 1. The second kappa shape index (κ2) is 10.3. The monoisotopic (exact) mass is 558 g/mol. The number of fused-ring (bicyclic) bond motifs is 1. The molecule has 14 nitrogen and oxygen atoms in total. The lowest BCUT2D eigenvalue weighted by Gasteiger charge is -2.53. The van der Waals surface area contributed by atoms with Crippen molar-refractivity contribution in [3.8, 4) is 0 Å². The molecule has 194 valence electrons. The molecule has 2 aliphatic rings. The molecule has 2 fully saturated rings. The van der Waals surface area contributed by atoms with Gasteiger partial charge in [-0.1, -0.05) is 42.1 Å². The average molecular weight is 559 g/mol. The maximum Gasteiger partial charge on any atom is 0.313 e. The first-order chi connectivity index (χ1) is 17.0. The molecule has 36 heavy (non-hydrogen) atoms. The van der Waals surface area contributed by atoms with Crippen LogP contribution in [0.3, 0.4) is 0 Å². The molecule has 0 bridgehead atoms. The second-order valence-electron chi connectivity index (χ2n) is 8.31. The number of benzene rings is 1. The van der Waals surface area contributed by atoms with E-state index in [1.807, 2.05) is 0 Å². The molecule has 3 heterocycles. The topological polar surface area (TPSA) is 205 Å². The van der Waals surface area contributed by atoms with Gasteiger partial charge < -0.3 is 20.4 Å². The third kappa shape index (κ3) is 5.49. The van der Waals surface area contributed by atoms with E-state index in [4.69, 9.17) is 4.55 Å². The van der Waals surface area contributed by atoms with Crippen LogP contribution >= 0.6 is 23.5 Å². The van der Waals surface area contributed by atoms with Crippen molar-refractivity contribution in [2.45, 2.75) is 29.2 Å². The van der Waals surface area contributed by atoms with Crippen molar-refractivity contribution < 1.29 is 37.6 Å². The molecular weight excluding hydrogens is 536 g/mol. The molecule has 2 aromatic rings. The summed E-state index contributed by atoms with van der Waals surface area (Å²) >= 11 is 2.20. The van der Waals surface area contributed by atoms with E-state index in [0.717, 1.165) is 16.4 Å². The number of nitrogens with zero attached hydrogens (tertiary/aromatic N) is 5. The number of tetrazole rings is 1. The number of carbonyl (C=O) groups is 3. The zero-order valence-corrected chi connectivity index (χ0v) is 20.9. The Morgan fingerprint density at radius 3 is 2.69 bits per heavy atom. The van der Waals surface area contributed by atoms with E-state index < -0.39 is 56.6 Å². The van der Waals surface area contributed by atoms with Crippen LogP contribution in [0.5, 0.6) is 0 Å². The van der Waals surface area contributed by atoms with Crippen LogP contribution in [0.1, 0.15) is 11.7 Å². The average Bonchev–Trinajstić information content (AvgIpc) is 3.31. The van der Waals surface area contributed by atoms with Gasteiger partial charge in [0.25, 0.3) is 16.0 Å². The van der Waals surface area contributed by atoms with E-state index in [1.165, 1.54) is 16.7 Å². The zero-order chi connectivity index (χ0) is 26.1. The van der Waals surface area contributed by atoms with E-state index in [0.29, 0.717) is 5.56 Å². The lowest BCUT2D eigenvalue weighted by molar-refractivity contribution is -0.158. The fourth-order valence-corrected chi connectivity index (χ4v) is 6.94. The van der Waals surface area contributed by atoms with Crippen molar-refractivity contribution in [2.24, 2.45) is 5.41 Å². The van der Waals surface area contributed by atoms with Gasteiger partial charge in [-0.3, -0.25) is 18.9 Å². The van der Waals surface area contributed by atoms with Crippen molar-refractivity contribution in [3.63, 3.8) is 0 Å². The highest BCUT2D eigenvalue weighted by atomic mass is 32.2. The fraction of sp³-hybridized carbons (Fsp3) is 0.474. The quantitative estimate of drug-likeness (QED) is 0.155. The lowest BCUT2D eigenvalue weighted by atomic mass is 9.89. The Bertz CT molecular complexity index is 1260. The van der Waals surface area contributed by atoms with Crippen molar-refractivity contribution in [1.29, 1.82) is 0 Å². The normalized spacial score (nSPS) is 24.5.